The summed E-state index contributed by atoms with van der Waals surface area (Å²) in [5.74, 6) is -2.29. The average molecular weight is 545 g/mol. The van der Waals surface area contributed by atoms with Crippen molar-refractivity contribution in [2.24, 2.45) is 11.8 Å². The summed E-state index contributed by atoms with van der Waals surface area (Å²) in [6.07, 6.45) is 12.7. The molecule has 0 amide bonds. The third-order valence-electron chi connectivity index (χ3n) is 7.93. The van der Waals surface area contributed by atoms with Crippen LogP contribution >= 0.6 is 0 Å². The van der Waals surface area contributed by atoms with Crippen LogP contribution in [0, 0.1) is 23.5 Å². The van der Waals surface area contributed by atoms with Crippen molar-refractivity contribution < 1.29 is 23.4 Å². The quantitative estimate of drug-likeness (QED) is 0.299. The smallest absolute Gasteiger partial charge is 0.356 e. The number of halogens is 2. The number of ether oxygens (including phenoxy) is 1. The summed E-state index contributed by atoms with van der Waals surface area (Å²) in [7, 11) is 0. The van der Waals surface area contributed by atoms with Gasteiger partial charge in [-0.2, -0.15) is 5.10 Å². The Kier molecular flexibility index (Phi) is 6.10. The molecular weight excluding hydrogens is 518 g/mol. The molecule has 1 unspecified atom stereocenters. The molecule has 40 heavy (non-hydrogen) atoms. The second kappa shape index (κ2) is 9.81. The summed E-state index contributed by atoms with van der Waals surface area (Å²) in [5, 5.41) is 14.6. The van der Waals surface area contributed by atoms with E-state index in [1.54, 1.807) is 0 Å². The number of aromatic carboxylic acids is 1. The first-order chi connectivity index (χ1) is 19.4. The van der Waals surface area contributed by atoms with E-state index in [2.05, 4.69) is 37.3 Å². The van der Waals surface area contributed by atoms with E-state index in [1.807, 2.05) is 10.9 Å². The van der Waals surface area contributed by atoms with E-state index in [4.69, 9.17) is 4.74 Å². The zero-order valence-electron chi connectivity index (χ0n) is 21.5. The van der Waals surface area contributed by atoms with Crippen molar-refractivity contribution in [3.63, 3.8) is 0 Å². The minimum absolute atomic E-state index is 0.00791. The summed E-state index contributed by atoms with van der Waals surface area (Å²) in [6.45, 7) is 0.573. The van der Waals surface area contributed by atoms with Crippen molar-refractivity contribution in [3.8, 4) is 11.3 Å². The standard InChI is InChI=1S/C29H26F2N6O3/c30-18-3-6-20(22(31)10-18)25-27-28(33-14-32-25)35-23(26(36-27)29(38)39)11-21(15-1-2-15)16-7-8-40-24(9-16)17-12-34-37(13-17)19-4-5-19/h3,6,9-10,12-15,19,21,24H,1-2,4-5,7-8,11H2,(H,38,39)/t21?,24-/m1/s1. The van der Waals surface area contributed by atoms with Crippen LogP contribution < -0.4 is 0 Å². The maximum atomic E-state index is 14.6. The highest BCUT2D eigenvalue weighted by molar-refractivity contribution is 5.92. The zero-order chi connectivity index (χ0) is 27.4. The highest BCUT2D eigenvalue weighted by Crippen LogP contribution is 2.45. The molecule has 2 saturated carbocycles. The summed E-state index contributed by atoms with van der Waals surface area (Å²) in [5.41, 5.74) is 2.62. The Morgan fingerprint density at radius 1 is 1.15 bits per heavy atom. The van der Waals surface area contributed by atoms with Crippen molar-refractivity contribution in [1.82, 2.24) is 29.7 Å². The number of aromatic nitrogens is 6. The molecule has 0 spiro atoms. The third-order valence-corrected chi connectivity index (χ3v) is 7.93. The van der Waals surface area contributed by atoms with Gasteiger partial charge in [-0.1, -0.05) is 11.6 Å². The maximum Gasteiger partial charge on any atom is 0.356 e. The van der Waals surface area contributed by atoms with Crippen LogP contribution in [0.1, 0.15) is 66.0 Å². The molecule has 11 heteroatoms. The van der Waals surface area contributed by atoms with Crippen molar-refractivity contribution >= 4 is 17.1 Å². The van der Waals surface area contributed by atoms with Crippen LogP contribution in [0.15, 0.2) is 48.6 Å². The second-order valence-corrected chi connectivity index (χ2v) is 10.8. The summed E-state index contributed by atoms with van der Waals surface area (Å²) in [4.78, 5) is 29.7. The molecule has 3 aliphatic rings. The van der Waals surface area contributed by atoms with E-state index in [-0.39, 0.29) is 40.1 Å². The number of hydrogen-bond acceptors (Lipinski definition) is 7. The van der Waals surface area contributed by atoms with Gasteiger partial charge < -0.3 is 9.84 Å². The summed E-state index contributed by atoms with van der Waals surface area (Å²) >= 11 is 0. The Balaban J connectivity index is 1.24. The molecule has 0 saturated heterocycles. The van der Waals surface area contributed by atoms with Gasteiger partial charge in [0.15, 0.2) is 11.3 Å². The minimum Gasteiger partial charge on any atom is -0.476 e. The third kappa shape index (κ3) is 4.74. The predicted octanol–water partition coefficient (Wildman–Crippen LogP) is 5.25. The molecule has 1 aliphatic heterocycles. The molecular formula is C29H26F2N6O3. The Labute approximate surface area is 228 Å². The lowest BCUT2D eigenvalue weighted by molar-refractivity contribution is 0.0686. The molecule has 2 aliphatic carbocycles. The molecule has 2 fully saturated rings. The minimum atomic E-state index is -1.24. The van der Waals surface area contributed by atoms with Crippen LogP contribution in [0.2, 0.25) is 0 Å². The van der Waals surface area contributed by atoms with E-state index in [0.29, 0.717) is 30.7 Å². The zero-order valence-corrected chi connectivity index (χ0v) is 21.5. The fourth-order valence-electron chi connectivity index (χ4n) is 5.58. The number of carboxylic acid groups (broad SMARTS) is 1. The van der Waals surface area contributed by atoms with Gasteiger partial charge >= 0.3 is 5.97 Å². The summed E-state index contributed by atoms with van der Waals surface area (Å²) < 4.78 is 36.2. The Hall–Kier alpha value is -4.12. The molecule has 204 valence electrons. The van der Waals surface area contributed by atoms with Gasteiger partial charge in [-0.25, -0.2) is 33.5 Å². The summed E-state index contributed by atoms with van der Waals surface area (Å²) in [6, 6.07) is 3.59. The van der Waals surface area contributed by atoms with Gasteiger partial charge in [0.1, 0.15) is 35.3 Å². The van der Waals surface area contributed by atoms with E-state index in [0.717, 1.165) is 49.8 Å². The monoisotopic (exact) mass is 544 g/mol. The number of hydrogen-bond donors (Lipinski definition) is 1. The number of benzene rings is 1. The average Bonchev–Trinajstić information content (AvgIpc) is 3.90. The number of nitrogens with zero attached hydrogens (tertiary/aromatic N) is 6. The normalized spacial score (nSPS) is 19.9. The highest BCUT2D eigenvalue weighted by atomic mass is 19.1. The van der Waals surface area contributed by atoms with Crippen LogP contribution in [-0.4, -0.2) is 47.4 Å². The lowest BCUT2D eigenvalue weighted by Crippen LogP contribution is -2.21. The first-order valence-electron chi connectivity index (χ1n) is 13.5. The molecule has 1 aromatic carbocycles. The number of fused-ring (bicyclic) bond motifs is 1. The fourth-order valence-corrected chi connectivity index (χ4v) is 5.58. The van der Waals surface area contributed by atoms with Crippen LogP contribution in [0.3, 0.4) is 0 Å². The van der Waals surface area contributed by atoms with Crippen LogP contribution in [0.25, 0.3) is 22.4 Å². The van der Waals surface area contributed by atoms with E-state index >= 15 is 0 Å². The van der Waals surface area contributed by atoms with Crippen LogP contribution in [0.5, 0.6) is 0 Å². The predicted molar refractivity (Wildman–Crippen MR) is 139 cm³/mol. The largest absolute Gasteiger partial charge is 0.476 e. The van der Waals surface area contributed by atoms with Crippen molar-refractivity contribution in [1.29, 1.82) is 0 Å². The van der Waals surface area contributed by atoms with Gasteiger partial charge in [-0.05, 0) is 62.5 Å². The number of carboxylic acids is 1. The Bertz CT molecular complexity index is 1660. The van der Waals surface area contributed by atoms with Crippen LogP contribution in [-0.2, 0) is 11.2 Å². The molecule has 2 atom stereocenters. The van der Waals surface area contributed by atoms with E-state index < -0.39 is 17.6 Å². The topological polar surface area (TPSA) is 116 Å². The van der Waals surface area contributed by atoms with Gasteiger partial charge in [0.2, 0.25) is 0 Å². The number of carbonyl (C=O) groups is 1. The van der Waals surface area contributed by atoms with Gasteiger partial charge in [0.25, 0.3) is 0 Å². The Morgan fingerprint density at radius 3 is 2.75 bits per heavy atom. The van der Waals surface area contributed by atoms with Gasteiger partial charge in [0.05, 0.1) is 24.5 Å². The highest BCUT2D eigenvalue weighted by Gasteiger charge is 2.37. The molecule has 0 bridgehead atoms. The SMILES string of the molecule is O=C(O)c1nc2c(-c3ccc(F)cc3F)ncnc2nc1CC(C1=C[C@H](c2cnn(C3CC3)c2)OCC1)C1CC1. The molecule has 9 nitrogen and oxygen atoms in total. The first kappa shape index (κ1) is 24.9. The second-order valence-electron chi connectivity index (χ2n) is 10.8. The molecule has 4 aromatic rings. The molecule has 7 rings (SSSR count). The molecule has 4 heterocycles. The molecule has 0 radical (unpaired) electrons. The molecule has 3 aromatic heterocycles. The van der Waals surface area contributed by atoms with Gasteiger partial charge in [-0.15, -0.1) is 0 Å². The maximum absolute atomic E-state index is 14.6. The van der Waals surface area contributed by atoms with Gasteiger partial charge in [0, 0.05) is 23.4 Å². The lowest BCUT2D eigenvalue weighted by Gasteiger charge is -2.27. The van der Waals surface area contributed by atoms with Crippen LogP contribution in [0.4, 0.5) is 8.78 Å². The fraction of sp³-hybridized carbons (Fsp3) is 0.379. The first-order valence-corrected chi connectivity index (χ1v) is 13.5. The van der Waals surface area contributed by atoms with Gasteiger partial charge in [-0.3, -0.25) is 4.68 Å². The number of rotatable bonds is 8. The van der Waals surface area contributed by atoms with Crippen molar-refractivity contribution in [2.45, 2.75) is 50.7 Å². The van der Waals surface area contributed by atoms with E-state index in [1.165, 1.54) is 18.0 Å². The van der Waals surface area contributed by atoms with E-state index in [9.17, 15) is 18.7 Å². The lowest BCUT2D eigenvalue weighted by atomic mass is 9.85. The van der Waals surface area contributed by atoms with Crippen molar-refractivity contribution in [3.05, 3.63) is 77.2 Å². The molecule has 1 N–H and O–H groups in total. The Morgan fingerprint density at radius 2 is 2.00 bits per heavy atom. The van der Waals surface area contributed by atoms with Crippen molar-refractivity contribution in [2.75, 3.05) is 6.61 Å².